The van der Waals surface area contributed by atoms with Gasteiger partial charge in [-0.05, 0) is 69.5 Å². The maximum atomic E-state index is 13.0. The highest BCUT2D eigenvalue weighted by atomic mass is 16.5. The van der Waals surface area contributed by atoms with Crippen LogP contribution < -0.4 is 15.6 Å². The van der Waals surface area contributed by atoms with Crippen molar-refractivity contribution in [3.05, 3.63) is 75.2 Å². The standard InChI is InChI=1S/C23H27N3O3/c1-14-12-15(2)16(3)20(13-14)29-18(5)22(27)24-21-17(4)25(6)26(23(21)28)19-10-8-7-9-11-19/h7-13,18H,1-6H3,(H,24,27). The summed E-state index contributed by atoms with van der Waals surface area (Å²) in [7, 11) is 1.79. The molecule has 152 valence electrons. The van der Waals surface area contributed by atoms with E-state index in [1.807, 2.05) is 57.2 Å². The Labute approximate surface area is 170 Å². The predicted octanol–water partition coefficient (Wildman–Crippen LogP) is 3.82. The number of carbonyl (C=O) groups excluding carboxylic acids is 1. The molecule has 0 saturated heterocycles. The van der Waals surface area contributed by atoms with Crippen LogP contribution in [-0.4, -0.2) is 21.4 Å². The smallest absolute Gasteiger partial charge is 0.295 e. The van der Waals surface area contributed by atoms with E-state index in [2.05, 4.69) is 11.4 Å². The topological polar surface area (TPSA) is 65.3 Å². The zero-order chi connectivity index (χ0) is 21.3. The summed E-state index contributed by atoms with van der Waals surface area (Å²) in [6.07, 6.45) is -0.751. The molecule has 1 aromatic heterocycles. The SMILES string of the molecule is Cc1cc(C)c(C)c(OC(C)C(=O)Nc2c(C)n(C)n(-c3ccccc3)c2=O)c1. The first-order chi connectivity index (χ1) is 13.7. The van der Waals surface area contributed by atoms with Crippen molar-refractivity contribution >= 4 is 11.6 Å². The molecule has 0 bridgehead atoms. The number of aryl methyl sites for hydroxylation is 2. The molecule has 1 heterocycles. The van der Waals surface area contributed by atoms with Gasteiger partial charge in [-0.3, -0.25) is 14.3 Å². The molecule has 1 N–H and O–H groups in total. The Balaban J connectivity index is 1.85. The first-order valence-electron chi connectivity index (χ1n) is 9.60. The summed E-state index contributed by atoms with van der Waals surface area (Å²) < 4.78 is 9.18. The lowest BCUT2D eigenvalue weighted by molar-refractivity contribution is -0.122. The number of ether oxygens (including phenoxy) is 1. The molecule has 0 aliphatic heterocycles. The molecule has 3 aromatic rings. The molecule has 29 heavy (non-hydrogen) atoms. The first-order valence-corrected chi connectivity index (χ1v) is 9.60. The summed E-state index contributed by atoms with van der Waals surface area (Å²) in [5, 5.41) is 2.76. The summed E-state index contributed by atoms with van der Waals surface area (Å²) in [5.41, 5.74) is 4.56. The van der Waals surface area contributed by atoms with Crippen molar-refractivity contribution in [2.24, 2.45) is 7.05 Å². The Morgan fingerprint density at radius 1 is 1.07 bits per heavy atom. The molecule has 0 fully saturated rings. The third kappa shape index (κ3) is 3.97. The fraction of sp³-hybridized carbons (Fsp3) is 0.304. The molecule has 1 atom stereocenters. The van der Waals surface area contributed by atoms with Gasteiger partial charge in [0.05, 0.1) is 11.4 Å². The van der Waals surface area contributed by atoms with E-state index in [0.29, 0.717) is 11.4 Å². The predicted molar refractivity (Wildman–Crippen MR) is 115 cm³/mol. The van der Waals surface area contributed by atoms with Gasteiger partial charge in [0.1, 0.15) is 11.4 Å². The van der Waals surface area contributed by atoms with E-state index in [0.717, 1.165) is 22.4 Å². The van der Waals surface area contributed by atoms with E-state index in [-0.39, 0.29) is 17.2 Å². The molecule has 6 nitrogen and oxygen atoms in total. The Morgan fingerprint density at radius 2 is 1.72 bits per heavy atom. The third-order valence-electron chi connectivity index (χ3n) is 5.24. The van der Waals surface area contributed by atoms with Crippen LogP contribution in [0.3, 0.4) is 0 Å². The van der Waals surface area contributed by atoms with Gasteiger partial charge in [-0.25, -0.2) is 4.68 Å². The van der Waals surface area contributed by atoms with Crippen molar-refractivity contribution in [2.45, 2.75) is 40.7 Å². The fourth-order valence-corrected chi connectivity index (χ4v) is 3.30. The second kappa shape index (κ2) is 7.99. The average Bonchev–Trinajstić information content (AvgIpc) is 2.89. The van der Waals surface area contributed by atoms with Gasteiger partial charge in [-0.2, -0.15) is 0 Å². The Kier molecular flexibility index (Phi) is 5.64. The van der Waals surface area contributed by atoms with Crippen molar-refractivity contribution in [3.63, 3.8) is 0 Å². The van der Waals surface area contributed by atoms with Crippen molar-refractivity contribution in [1.82, 2.24) is 9.36 Å². The molecular weight excluding hydrogens is 366 g/mol. The Morgan fingerprint density at radius 3 is 2.38 bits per heavy atom. The zero-order valence-corrected chi connectivity index (χ0v) is 17.7. The number of carbonyl (C=O) groups is 1. The lowest BCUT2D eigenvalue weighted by Crippen LogP contribution is -2.32. The maximum absolute atomic E-state index is 13.0. The van der Waals surface area contributed by atoms with Gasteiger partial charge in [0.25, 0.3) is 11.5 Å². The van der Waals surface area contributed by atoms with Crippen LogP contribution in [-0.2, 0) is 11.8 Å². The molecule has 0 radical (unpaired) electrons. The van der Waals surface area contributed by atoms with Crippen LogP contribution in [0, 0.1) is 27.7 Å². The summed E-state index contributed by atoms with van der Waals surface area (Å²) >= 11 is 0. The van der Waals surface area contributed by atoms with E-state index in [1.165, 1.54) is 4.68 Å². The minimum atomic E-state index is -0.751. The Bertz CT molecular complexity index is 1110. The molecule has 1 amide bonds. The monoisotopic (exact) mass is 393 g/mol. The molecule has 1 unspecified atom stereocenters. The van der Waals surface area contributed by atoms with Crippen LogP contribution in [0.25, 0.3) is 5.69 Å². The van der Waals surface area contributed by atoms with E-state index < -0.39 is 6.10 Å². The fourth-order valence-electron chi connectivity index (χ4n) is 3.30. The van der Waals surface area contributed by atoms with Crippen LogP contribution in [0.1, 0.15) is 29.3 Å². The van der Waals surface area contributed by atoms with Crippen LogP contribution >= 0.6 is 0 Å². The highest BCUT2D eigenvalue weighted by Gasteiger charge is 2.22. The zero-order valence-electron chi connectivity index (χ0n) is 17.7. The maximum Gasteiger partial charge on any atom is 0.295 e. The number of para-hydroxylation sites is 1. The largest absolute Gasteiger partial charge is 0.481 e. The Hall–Kier alpha value is -3.28. The van der Waals surface area contributed by atoms with E-state index in [9.17, 15) is 9.59 Å². The van der Waals surface area contributed by atoms with Gasteiger partial charge < -0.3 is 10.1 Å². The number of nitrogens with zero attached hydrogens (tertiary/aromatic N) is 2. The van der Waals surface area contributed by atoms with E-state index in [1.54, 1.807) is 25.6 Å². The van der Waals surface area contributed by atoms with Gasteiger partial charge in [-0.15, -0.1) is 0 Å². The minimum absolute atomic E-state index is 0.258. The average molecular weight is 393 g/mol. The van der Waals surface area contributed by atoms with Crippen molar-refractivity contribution in [1.29, 1.82) is 0 Å². The van der Waals surface area contributed by atoms with Crippen molar-refractivity contribution < 1.29 is 9.53 Å². The molecule has 0 saturated carbocycles. The highest BCUT2D eigenvalue weighted by Crippen LogP contribution is 2.24. The van der Waals surface area contributed by atoms with Crippen LogP contribution in [0.4, 0.5) is 5.69 Å². The summed E-state index contributed by atoms with van der Waals surface area (Å²) in [5.74, 6) is 0.311. The number of amides is 1. The molecular formula is C23H27N3O3. The third-order valence-corrected chi connectivity index (χ3v) is 5.24. The second-order valence-electron chi connectivity index (χ2n) is 7.39. The summed E-state index contributed by atoms with van der Waals surface area (Å²) in [6, 6.07) is 13.3. The molecule has 6 heteroatoms. The lowest BCUT2D eigenvalue weighted by Gasteiger charge is -2.17. The quantitative estimate of drug-likeness (QED) is 0.717. The van der Waals surface area contributed by atoms with Gasteiger partial charge >= 0.3 is 0 Å². The number of benzene rings is 2. The molecule has 0 aliphatic rings. The van der Waals surface area contributed by atoms with Gasteiger partial charge in [0.2, 0.25) is 0 Å². The lowest BCUT2D eigenvalue weighted by atomic mass is 10.1. The molecule has 0 spiro atoms. The molecule has 3 rings (SSSR count). The van der Waals surface area contributed by atoms with Crippen LogP contribution in [0.2, 0.25) is 0 Å². The van der Waals surface area contributed by atoms with Crippen molar-refractivity contribution in [2.75, 3.05) is 5.32 Å². The first kappa shape index (κ1) is 20.5. The number of rotatable bonds is 5. The number of hydrogen-bond acceptors (Lipinski definition) is 3. The molecule has 2 aromatic carbocycles. The normalized spacial score (nSPS) is 11.9. The summed E-state index contributed by atoms with van der Waals surface area (Å²) in [6.45, 7) is 9.45. The number of aromatic nitrogens is 2. The van der Waals surface area contributed by atoms with Crippen LogP contribution in [0.5, 0.6) is 5.75 Å². The van der Waals surface area contributed by atoms with Gasteiger partial charge in [0, 0.05) is 7.05 Å². The van der Waals surface area contributed by atoms with Crippen molar-refractivity contribution in [3.8, 4) is 11.4 Å². The summed E-state index contributed by atoms with van der Waals surface area (Å²) in [4.78, 5) is 25.7. The number of anilines is 1. The van der Waals surface area contributed by atoms with Gasteiger partial charge in [0.15, 0.2) is 6.10 Å². The van der Waals surface area contributed by atoms with E-state index >= 15 is 0 Å². The van der Waals surface area contributed by atoms with Gasteiger partial charge in [-0.1, -0.05) is 24.3 Å². The highest BCUT2D eigenvalue weighted by molar-refractivity contribution is 5.94. The van der Waals surface area contributed by atoms with E-state index in [4.69, 9.17) is 4.74 Å². The number of nitrogens with one attached hydrogen (secondary N) is 1. The second-order valence-corrected chi connectivity index (χ2v) is 7.39. The van der Waals surface area contributed by atoms with Crippen LogP contribution in [0.15, 0.2) is 47.3 Å². The minimum Gasteiger partial charge on any atom is -0.481 e. The molecule has 0 aliphatic carbocycles. The number of hydrogen-bond donors (Lipinski definition) is 1.